The molecule has 2 nitrogen and oxygen atoms in total. The predicted molar refractivity (Wildman–Crippen MR) is 89.5 cm³/mol. The maximum atomic E-state index is 4.61. The first-order chi connectivity index (χ1) is 9.81. The first-order valence-corrected chi connectivity index (χ1v) is 9.04. The van der Waals surface area contributed by atoms with Crippen LogP contribution in [-0.2, 0) is 18.7 Å². The number of thioether (sulfide) groups is 1. The van der Waals surface area contributed by atoms with E-state index in [-0.39, 0.29) is 0 Å². The van der Waals surface area contributed by atoms with Crippen LogP contribution in [0, 0.1) is 0 Å². The van der Waals surface area contributed by atoms with Crippen LogP contribution in [0.5, 0.6) is 0 Å². The van der Waals surface area contributed by atoms with Gasteiger partial charge in [-0.25, -0.2) is 4.98 Å². The van der Waals surface area contributed by atoms with Crippen molar-refractivity contribution in [2.45, 2.75) is 43.9 Å². The quantitative estimate of drug-likeness (QED) is 0.574. The molecule has 0 aliphatic heterocycles. The van der Waals surface area contributed by atoms with E-state index in [0.29, 0.717) is 0 Å². The highest BCUT2D eigenvalue weighted by molar-refractivity contribution is 7.98. The van der Waals surface area contributed by atoms with Gasteiger partial charge in [0.2, 0.25) is 0 Å². The third-order valence-corrected chi connectivity index (χ3v) is 5.01. The number of aryl methyl sites for hydroxylation is 1. The molecule has 0 amide bonds. The molecule has 0 bridgehead atoms. The van der Waals surface area contributed by atoms with Gasteiger partial charge in [0.15, 0.2) is 0 Å². The van der Waals surface area contributed by atoms with E-state index >= 15 is 0 Å². The predicted octanol–water partition coefficient (Wildman–Crippen LogP) is 4.50. The Morgan fingerprint density at radius 3 is 2.95 bits per heavy atom. The van der Waals surface area contributed by atoms with Gasteiger partial charge >= 0.3 is 0 Å². The number of benzene rings is 1. The topological polar surface area (TPSA) is 24.9 Å². The second-order valence-electron chi connectivity index (χ2n) is 4.70. The highest BCUT2D eigenvalue weighted by Crippen LogP contribution is 2.24. The van der Waals surface area contributed by atoms with Crippen molar-refractivity contribution in [2.24, 2.45) is 0 Å². The van der Waals surface area contributed by atoms with Crippen LogP contribution >= 0.6 is 23.1 Å². The zero-order valence-corrected chi connectivity index (χ0v) is 13.8. The van der Waals surface area contributed by atoms with Crippen molar-refractivity contribution >= 4 is 23.1 Å². The Morgan fingerprint density at radius 2 is 2.20 bits per heavy atom. The van der Waals surface area contributed by atoms with E-state index in [1.165, 1.54) is 27.6 Å². The minimum Gasteiger partial charge on any atom is -0.313 e. The number of thiazole rings is 1. The Morgan fingerprint density at radius 1 is 1.30 bits per heavy atom. The van der Waals surface area contributed by atoms with Crippen molar-refractivity contribution in [3.63, 3.8) is 0 Å². The van der Waals surface area contributed by atoms with Gasteiger partial charge in [0.1, 0.15) is 0 Å². The monoisotopic (exact) mass is 306 g/mol. The van der Waals surface area contributed by atoms with Crippen molar-refractivity contribution in [1.82, 2.24) is 10.3 Å². The Bertz CT molecular complexity index is 523. The lowest BCUT2D eigenvalue weighted by atomic mass is 10.2. The van der Waals surface area contributed by atoms with E-state index in [4.69, 9.17) is 0 Å². The van der Waals surface area contributed by atoms with E-state index < -0.39 is 0 Å². The average Bonchev–Trinajstić information content (AvgIpc) is 2.94. The summed E-state index contributed by atoms with van der Waals surface area (Å²) >= 11 is 3.63. The molecule has 2 aromatic rings. The van der Waals surface area contributed by atoms with E-state index in [1.54, 1.807) is 11.3 Å². The number of hydrogen-bond acceptors (Lipinski definition) is 4. The molecular weight excluding hydrogens is 284 g/mol. The van der Waals surface area contributed by atoms with Crippen LogP contribution in [0.4, 0.5) is 0 Å². The van der Waals surface area contributed by atoms with Crippen molar-refractivity contribution in [3.8, 4) is 0 Å². The molecule has 2 rings (SSSR count). The summed E-state index contributed by atoms with van der Waals surface area (Å²) in [5.41, 5.74) is 2.56. The van der Waals surface area contributed by atoms with Crippen LogP contribution in [0.2, 0.25) is 0 Å². The molecule has 0 aliphatic rings. The van der Waals surface area contributed by atoms with E-state index in [2.05, 4.69) is 53.8 Å². The van der Waals surface area contributed by atoms with Crippen molar-refractivity contribution in [1.29, 1.82) is 0 Å². The third kappa shape index (κ3) is 4.93. The summed E-state index contributed by atoms with van der Waals surface area (Å²) < 4.78 is 0. The summed E-state index contributed by atoms with van der Waals surface area (Å²) in [4.78, 5) is 5.94. The standard InChI is InChI=1S/C16H22N2S2/c1-3-8-17-10-13-6-5-7-15(9-13)19-11-14-12-20-16(4-2)18-14/h5-7,9,12,17H,3-4,8,10-11H2,1-2H3. The molecule has 1 N–H and O–H groups in total. The zero-order chi connectivity index (χ0) is 14.2. The zero-order valence-electron chi connectivity index (χ0n) is 12.2. The van der Waals surface area contributed by atoms with Gasteiger partial charge in [-0.1, -0.05) is 26.0 Å². The van der Waals surface area contributed by atoms with Gasteiger partial charge in [-0.05, 0) is 37.1 Å². The summed E-state index contributed by atoms with van der Waals surface area (Å²) in [7, 11) is 0. The van der Waals surface area contributed by atoms with Crippen molar-refractivity contribution in [2.75, 3.05) is 6.54 Å². The van der Waals surface area contributed by atoms with Crippen molar-refractivity contribution < 1.29 is 0 Å². The second kappa shape index (κ2) is 8.45. The molecule has 108 valence electrons. The lowest BCUT2D eigenvalue weighted by molar-refractivity contribution is 0.674. The number of rotatable bonds is 8. The largest absolute Gasteiger partial charge is 0.313 e. The number of aromatic nitrogens is 1. The fourth-order valence-corrected chi connectivity index (χ4v) is 3.61. The van der Waals surface area contributed by atoms with Gasteiger partial charge in [0.25, 0.3) is 0 Å². The van der Waals surface area contributed by atoms with Crippen LogP contribution < -0.4 is 5.32 Å². The maximum Gasteiger partial charge on any atom is 0.0925 e. The molecule has 0 atom stereocenters. The molecule has 20 heavy (non-hydrogen) atoms. The Kier molecular flexibility index (Phi) is 6.57. The molecular formula is C16H22N2S2. The molecule has 0 saturated heterocycles. The number of nitrogens with zero attached hydrogens (tertiary/aromatic N) is 1. The number of nitrogens with one attached hydrogen (secondary N) is 1. The Labute approximate surface area is 130 Å². The van der Waals surface area contributed by atoms with Crippen LogP contribution in [0.3, 0.4) is 0 Å². The normalized spacial score (nSPS) is 10.9. The summed E-state index contributed by atoms with van der Waals surface area (Å²) in [6.07, 6.45) is 2.21. The van der Waals surface area contributed by atoms with Gasteiger partial charge in [-0.3, -0.25) is 0 Å². The first-order valence-electron chi connectivity index (χ1n) is 7.17. The number of hydrogen-bond donors (Lipinski definition) is 1. The van der Waals surface area contributed by atoms with Gasteiger partial charge in [0, 0.05) is 22.6 Å². The van der Waals surface area contributed by atoms with E-state index in [0.717, 1.165) is 25.3 Å². The van der Waals surface area contributed by atoms with Gasteiger partial charge in [0.05, 0.1) is 10.7 Å². The Balaban J connectivity index is 1.87. The lowest BCUT2D eigenvalue weighted by Crippen LogP contribution is -2.13. The SMILES string of the molecule is CCCNCc1cccc(SCc2csc(CC)n2)c1. The smallest absolute Gasteiger partial charge is 0.0925 e. The average molecular weight is 307 g/mol. The van der Waals surface area contributed by atoms with Crippen LogP contribution in [0.25, 0.3) is 0 Å². The molecule has 1 aromatic carbocycles. The molecule has 0 saturated carbocycles. The highest BCUT2D eigenvalue weighted by Gasteiger charge is 2.02. The van der Waals surface area contributed by atoms with Gasteiger partial charge in [-0.15, -0.1) is 23.1 Å². The molecule has 0 aliphatic carbocycles. The Hall–Kier alpha value is -0.840. The molecule has 0 radical (unpaired) electrons. The fraction of sp³-hybridized carbons (Fsp3) is 0.438. The summed E-state index contributed by atoms with van der Waals surface area (Å²) in [5, 5.41) is 6.86. The third-order valence-electron chi connectivity index (χ3n) is 2.94. The summed E-state index contributed by atoms with van der Waals surface area (Å²) in [5.74, 6) is 0.961. The molecule has 4 heteroatoms. The fourth-order valence-electron chi connectivity index (χ4n) is 1.89. The van der Waals surface area contributed by atoms with Crippen LogP contribution in [-0.4, -0.2) is 11.5 Å². The highest BCUT2D eigenvalue weighted by atomic mass is 32.2. The van der Waals surface area contributed by atoms with Crippen molar-refractivity contribution in [3.05, 3.63) is 45.9 Å². The molecule has 0 fully saturated rings. The molecule has 0 spiro atoms. The summed E-state index contributed by atoms with van der Waals surface area (Å²) in [6.45, 7) is 6.38. The molecule has 1 aromatic heterocycles. The molecule has 0 unspecified atom stereocenters. The van der Waals surface area contributed by atoms with Crippen LogP contribution in [0.15, 0.2) is 34.5 Å². The maximum absolute atomic E-state index is 4.61. The minimum absolute atomic E-state index is 0.957. The van der Waals surface area contributed by atoms with Gasteiger partial charge < -0.3 is 5.32 Å². The first kappa shape index (κ1) is 15.5. The minimum atomic E-state index is 0.957. The summed E-state index contributed by atoms with van der Waals surface area (Å²) in [6, 6.07) is 8.79. The lowest BCUT2D eigenvalue weighted by Gasteiger charge is -2.05. The van der Waals surface area contributed by atoms with Crippen LogP contribution in [0.1, 0.15) is 36.5 Å². The second-order valence-corrected chi connectivity index (χ2v) is 6.69. The van der Waals surface area contributed by atoms with Gasteiger partial charge in [-0.2, -0.15) is 0 Å². The van der Waals surface area contributed by atoms with E-state index in [1.807, 2.05) is 11.8 Å². The molecule has 1 heterocycles. The van der Waals surface area contributed by atoms with E-state index in [9.17, 15) is 0 Å².